The molecule has 1 aliphatic heterocycles. The number of carbonyl (C=O) groups is 1. The Kier molecular flexibility index (Phi) is 5.47. The Hall–Kier alpha value is -2.46. The summed E-state index contributed by atoms with van der Waals surface area (Å²) in [5, 5.41) is 12.7. The molecule has 1 aromatic carbocycles. The second-order valence-electron chi connectivity index (χ2n) is 6.42. The minimum absolute atomic E-state index is 0.00245. The number of carboxylic acid groups (broad SMARTS) is 1. The van der Waals surface area contributed by atoms with Crippen LogP contribution in [0.15, 0.2) is 28.8 Å². The van der Waals surface area contributed by atoms with Crippen LogP contribution in [0.4, 0.5) is 13.2 Å². The summed E-state index contributed by atoms with van der Waals surface area (Å²) in [6.45, 7) is 4.35. The van der Waals surface area contributed by atoms with Crippen LogP contribution >= 0.6 is 0 Å². The third kappa shape index (κ3) is 4.64. The van der Waals surface area contributed by atoms with E-state index in [0.29, 0.717) is 32.1 Å². The molecule has 7 nitrogen and oxygen atoms in total. The fourth-order valence-corrected chi connectivity index (χ4v) is 3.01. The van der Waals surface area contributed by atoms with Crippen molar-refractivity contribution >= 4 is 5.97 Å². The molecule has 0 bridgehead atoms. The third-order valence-corrected chi connectivity index (χ3v) is 4.56. The Morgan fingerprint density at radius 2 is 2.00 bits per heavy atom. The maximum absolute atomic E-state index is 12.9. The summed E-state index contributed by atoms with van der Waals surface area (Å²) in [6, 6.07) is 4.57. The highest BCUT2D eigenvalue weighted by Crippen LogP contribution is 2.32. The Morgan fingerprint density at radius 1 is 1.30 bits per heavy atom. The van der Waals surface area contributed by atoms with Crippen LogP contribution in [0.5, 0.6) is 0 Å². The smallest absolute Gasteiger partial charge is 0.416 e. The van der Waals surface area contributed by atoms with Crippen molar-refractivity contribution in [3.8, 4) is 11.4 Å². The Balaban J connectivity index is 1.68. The average molecular weight is 384 g/mol. The predicted octanol–water partition coefficient (Wildman–Crippen LogP) is 2.52. The van der Waals surface area contributed by atoms with Crippen molar-refractivity contribution in [2.24, 2.45) is 0 Å². The summed E-state index contributed by atoms with van der Waals surface area (Å²) in [5.74, 6) is -0.444. The van der Waals surface area contributed by atoms with E-state index in [2.05, 4.69) is 15.0 Å². The molecule has 0 amide bonds. The minimum atomic E-state index is -4.44. The van der Waals surface area contributed by atoms with Crippen molar-refractivity contribution in [3.05, 3.63) is 35.7 Å². The number of piperazine rings is 1. The molecule has 3 rings (SSSR count). The zero-order valence-electron chi connectivity index (χ0n) is 14.6. The number of halogens is 3. The molecule has 0 radical (unpaired) electrons. The minimum Gasteiger partial charge on any atom is -0.480 e. The van der Waals surface area contributed by atoms with Gasteiger partial charge in [0.25, 0.3) is 0 Å². The quantitative estimate of drug-likeness (QED) is 0.848. The second kappa shape index (κ2) is 7.65. The SMILES string of the molecule is C[C@H](c1nc(-c2cccc(C(F)(F)F)c2)no1)N1CCN(CC(=O)O)CC1. The highest BCUT2D eigenvalue weighted by molar-refractivity contribution is 5.69. The van der Waals surface area contributed by atoms with Crippen LogP contribution in [0.2, 0.25) is 0 Å². The summed E-state index contributed by atoms with van der Waals surface area (Å²) < 4.78 is 43.8. The number of hydrogen-bond acceptors (Lipinski definition) is 6. The molecule has 0 unspecified atom stereocenters. The van der Waals surface area contributed by atoms with E-state index in [9.17, 15) is 18.0 Å². The van der Waals surface area contributed by atoms with E-state index in [1.807, 2.05) is 11.8 Å². The second-order valence-corrected chi connectivity index (χ2v) is 6.42. The van der Waals surface area contributed by atoms with Crippen LogP contribution in [-0.2, 0) is 11.0 Å². The van der Waals surface area contributed by atoms with Gasteiger partial charge in [-0.1, -0.05) is 17.3 Å². The molecule has 2 aromatic rings. The number of rotatable bonds is 5. The molecular formula is C17H19F3N4O3. The maximum Gasteiger partial charge on any atom is 0.416 e. The van der Waals surface area contributed by atoms with E-state index in [4.69, 9.17) is 9.63 Å². The number of aromatic nitrogens is 2. The maximum atomic E-state index is 12.9. The lowest BCUT2D eigenvalue weighted by molar-refractivity contribution is -0.139. The summed E-state index contributed by atoms with van der Waals surface area (Å²) in [6.07, 6.45) is -4.44. The van der Waals surface area contributed by atoms with Crippen molar-refractivity contribution in [3.63, 3.8) is 0 Å². The van der Waals surface area contributed by atoms with Gasteiger partial charge in [0.1, 0.15) is 0 Å². The van der Waals surface area contributed by atoms with E-state index in [1.54, 1.807) is 0 Å². The lowest BCUT2D eigenvalue weighted by Crippen LogP contribution is -2.48. The van der Waals surface area contributed by atoms with Gasteiger partial charge < -0.3 is 9.63 Å². The Labute approximate surface area is 153 Å². The van der Waals surface area contributed by atoms with Crippen LogP contribution < -0.4 is 0 Å². The molecule has 1 N–H and O–H groups in total. The van der Waals surface area contributed by atoms with Crippen LogP contribution in [0.25, 0.3) is 11.4 Å². The average Bonchev–Trinajstić information content (AvgIpc) is 3.11. The van der Waals surface area contributed by atoms with Gasteiger partial charge in [0, 0.05) is 31.7 Å². The fourth-order valence-electron chi connectivity index (χ4n) is 3.01. The van der Waals surface area contributed by atoms with Crippen molar-refractivity contribution < 1.29 is 27.6 Å². The largest absolute Gasteiger partial charge is 0.480 e. The standard InChI is InChI=1S/C17H19F3N4O3/c1-11(24-7-5-23(6-8-24)10-14(25)26)16-21-15(22-27-16)12-3-2-4-13(9-12)17(18,19)20/h2-4,9,11H,5-8,10H2,1H3,(H,25,26)/t11-/m1/s1. The normalized spacial score (nSPS) is 17.8. The number of aliphatic carboxylic acids is 1. The van der Waals surface area contributed by atoms with Crippen LogP contribution in [0, 0.1) is 0 Å². The monoisotopic (exact) mass is 384 g/mol. The van der Waals surface area contributed by atoms with Gasteiger partial charge >= 0.3 is 12.1 Å². The molecule has 1 fully saturated rings. The van der Waals surface area contributed by atoms with E-state index in [-0.39, 0.29) is 24.0 Å². The first-order valence-electron chi connectivity index (χ1n) is 8.43. The van der Waals surface area contributed by atoms with E-state index < -0.39 is 17.7 Å². The third-order valence-electron chi connectivity index (χ3n) is 4.56. The molecule has 10 heteroatoms. The molecule has 1 aromatic heterocycles. The molecule has 146 valence electrons. The highest BCUT2D eigenvalue weighted by Gasteiger charge is 2.31. The van der Waals surface area contributed by atoms with Crippen molar-refractivity contribution in [1.29, 1.82) is 0 Å². The molecule has 1 atom stereocenters. The van der Waals surface area contributed by atoms with E-state index in [0.717, 1.165) is 12.1 Å². The van der Waals surface area contributed by atoms with Crippen molar-refractivity contribution in [1.82, 2.24) is 19.9 Å². The van der Waals surface area contributed by atoms with Crippen molar-refractivity contribution in [2.75, 3.05) is 32.7 Å². The van der Waals surface area contributed by atoms with E-state index >= 15 is 0 Å². The first-order chi connectivity index (χ1) is 12.7. The lowest BCUT2D eigenvalue weighted by Gasteiger charge is -2.35. The molecule has 0 aliphatic carbocycles. The summed E-state index contributed by atoms with van der Waals surface area (Å²) in [5.41, 5.74) is -0.535. The molecule has 2 heterocycles. The fraction of sp³-hybridized carbons (Fsp3) is 0.471. The topological polar surface area (TPSA) is 82.7 Å². The summed E-state index contributed by atoms with van der Waals surface area (Å²) in [7, 11) is 0. The van der Waals surface area contributed by atoms with Gasteiger partial charge in [0.15, 0.2) is 0 Å². The van der Waals surface area contributed by atoms with Gasteiger partial charge in [-0.25, -0.2) is 0 Å². The molecule has 0 spiro atoms. The number of alkyl halides is 3. The Bertz CT molecular complexity index is 801. The number of hydrogen-bond donors (Lipinski definition) is 1. The highest BCUT2D eigenvalue weighted by atomic mass is 19.4. The van der Waals surface area contributed by atoms with Gasteiger partial charge in [-0.15, -0.1) is 0 Å². The van der Waals surface area contributed by atoms with Crippen molar-refractivity contribution in [2.45, 2.75) is 19.1 Å². The van der Waals surface area contributed by atoms with Gasteiger partial charge in [-0.05, 0) is 19.1 Å². The van der Waals surface area contributed by atoms with Gasteiger partial charge in [0.2, 0.25) is 11.7 Å². The molecular weight excluding hydrogens is 365 g/mol. The van der Waals surface area contributed by atoms with Gasteiger partial charge in [-0.2, -0.15) is 18.2 Å². The number of nitrogens with zero attached hydrogens (tertiary/aromatic N) is 4. The lowest BCUT2D eigenvalue weighted by atomic mass is 10.1. The molecule has 27 heavy (non-hydrogen) atoms. The predicted molar refractivity (Wildman–Crippen MR) is 88.8 cm³/mol. The zero-order chi connectivity index (χ0) is 19.6. The zero-order valence-corrected chi connectivity index (χ0v) is 14.6. The number of carboxylic acids is 1. The van der Waals surface area contributed by atoms with Crippen LogP contribution in [0.3, 0.4) is 0 Å². The summed E-state index contributed by atoms with van der Waals surface area (Å²) >= 11 is 0. The van der Waals surface area contributed by atoms with Crippen LogP contribution in [0.1, 0.15) is 24.4 Å². The first-order valence-corrected chi connectivity index (χ1v) is 8.43. The first kappa shape index (κ1) is 19.3. The molecule has 0 saturated carbocycles. The summed E-state index contributed by atoms with van der Waals surface area (Å²) in [4.78, 5) is 18.9. The molecule has 1 aliphatic rings. The van der Waals surface area contributed by atoms with Gasteiger partial charge in [0.05, 0.1) is 18.2 Å². The van der Waals surface area contributed by atoms with E-state index in [1.165, 1.54) is 12.1 Å². The van der Waals surface area contributed by atoms with Gasteiger partial charge in [-0.3, -0.25) is 14.6 Å². The van der Waals surface area contributed by atoms with Crippen LogP contribution in [-0.4, -0.2) is 63.7 Å². The number of benzene rings is 1. The Morgan fingerprint density at radius 3 is 2.63 bits per heavy atom. The molecule has 1 saturated heterocycles.